The lowest BCUT2D eigenvalue weighted by atomic mass is 10.1. The van der Waals surface area contributed by atoms with Crippen LogP contribution < -0.4 is 5.32 Å². The highest BCUT2D eigenvalue weighted by atomic mass is 35.5. The molecular formula is C21H16Cl2N4O. The summed E-state index contributed by atoms with van der Waals surface area (Å²) in [5.74, 6) is -0.511. The van der Waals surface area contributed by atoms with Crippen molar-refractivity contribution in [2.75, 3.05) is 5.32 Å². The number of anilines is 1. The Balaban J connectivity index is 1.88. The molecule has 28 heavy (non-hydrogen) atoms. The van der Waals surface area contributed by atoms with E-state index in [1.54, 1.807) is 41.9 Å². The largest absolute Gasteiger partial charge is 0.321 e. The van der Waals surface area contributed by atoms with Crippen LogP contribution in [0.4, 0.5) is 5.69 Å². The first-order valence-corrected chi connectivity index (χ1v) is 9.19. The molecule has 0 saturated heterocycles. The topological polar surface area (TPSA) is 70.7 Å². The molecule has 0 radical (unpaired) electrons. The number of nitrogens with zero attached hydrogens (tertiary/aromatic N) is 3. The van der Waals surface area contributed by atoms with E-state index in [4.69, 9.17) is 23.2 Å². The fraction of sp³-hybridized carbons (Fsp3) is 0.0952. The van der Waals surface area contributed by atoms with Crippen LogP contribution in [-0.2, 0) is 11.3 Å². The van der Waals surface area contributed by atoms with Gasteiger partial charge in [-0.15, -0.1) is 0 Å². The van der Waals surface area contributed by atoms with Gasteiger partial charge in [0.25, 0.3) is 5.91 Å². The zero-order chi connectivity index (χ0) is 20.1. The summed E-state index contributed by atoms with van der Waals surface area (Å²) in [5, 5.41) is 17.5. The molecule has 7 heteroatoms. The first-order valence-electron chi connectivity index (χ1n) is 8.44. The van der Waals surface area contributed by atoms with Crippen molar-refractivity contribution in [1.82, 2.24) is 9.78 Å². The van der Waals surface area contributed by atoms with Crippen LogP contribution in [-0.4, -0.2) is 15.7 Å². The minimum Gasteiger partial charge on any atom is -0.321 e. The molecule has 1 aromatic heterocycles. The van der Waals surface area contributed by atoms with E-state index in [9.17, 15) is 10.1 Å². The smallest absolute Gasteiger partial charge is 0.266 e. The number of para-hydroxylation sites is 1. The van der Waals surface area contributed by atoms with Crippen LogP contribution in [0.5, 0.6) is 0 Å². The lowest BCUT2D eigenvalue weighted by Gasteiger charge is -2.06. The van der Waals surface area contributed by atoms with Crippen LogP contribution in [0, 0.1) is 18.3 Å². The summed E-state index contributed by atoms with van der Waals surface area (Å²) in [4.78, 5) is 12.4. The number of halogens is 2. The summed E-state index contributed by atoms with van der Waals surface area (Å²) in [6.45, 7) is 2.15. The summed E-state index contributed by atoms with van der Waals surface area (Å²) in [6, 6.07) is 18.3. The molecule has 140 valence electrons. The first-order chi connectivity index (χ1) is 13.5. The predicted molar refractivity (Wildman–Crippen MR) is 111 cm³/mol. The highest BCUT2D eigenvalue weighted by Crippen LogP contribution is 2.25. The molecule has 0 spiro atoms. The number of aryl methyl sites for hydroxylation is 1. The monoisotopic (exact) mass is 410 g/mol. The molecule has 0 aliphatic carbocycles. The number of aromatic nitrogens is 2. The van der Waals surface area contributed by atoms with Crippen molar-refractivity contribution >= 4 is 40.9 Å². The Morgan fingerprint density at radius 2 is 1.86 bits per heavy atom. The standard InChI is InChI=1S/C21H16Cl2N4O/c1-14-18(11-16(12-24)21(28)25-17-8-3-2-4-9-17)20(23)27(26-14)13-15-7-5-6-10-19(15)22/h2-11H,13H2,1H3,(H,25,28)/b16-11+. The van der Waals surface area contributed by atoms with Gasteiger partial charge in [0.2, 0.25) is 0 Å². The third-order valence-electron chi connectivity index (χ3n) is 4.07. The van der Waals surface area contributed by atoms with Crippen molar-refractivity contribution in [3.8, 4) is 6.07 Å². The van der Waals surface area contributed by atoms with Gasteiger partial charge in [-0.1, -0.05) is 59.6 Å². The average Bonchev–Trinajstić information content (AvgIpc) is 2.95. The maximum Gasteiger partial charge on any atom is 0.266 e. The van der Waals surface area contributed by atoms with E-state index in [1.165, 1.54) is 6.08 Å². The molecule has 0 saturated carbocycles. The van der Waals surface area contributed by atoms with Crippen LogP contribution in [0.2, 0.25) is 10.2 Å². The SMILES string of the molecule is Cc1nn(Cc2ccccc2Cl)c(Cl)c1/C=C(\C#N)C(=O)Nc1ccccc1. The van der Waals surface area contributed by atoms with Crippen molar-refractivity contribution in [3.63, 3.8) is 0 Å². The van der Waals surface area contributed by atoms with Gasteiger partial charge in [0.1, 0.15) is 16.8 Å². The zero-order valence-corrected chi connectivity index (χ0v) is 16.5. The second-order valence-electron chi connectivity index (χ2n) is 6.03. The molecule has 5 nitrogen and oxygen atoms in total. The van der Waals surface area contributed by atoms with Crippen molar-refractivity contribution in [2.24, 2.45) is 0 Å². The number of amides is 1. The minimum absolute atomic E-state index is 0.0638. The summed E-state index contributed by atoms with van der Waals surface area (Å²) in [6.07, 6.45) is 1.45. The minimum atomic E-state index is -0.511. The molecule has 1 heterocycles. The second-order valence-corrected chi connectivity index (χ2v) is 6.79. The fourth-order valence-electron chi connectivity index (χ4n) is 2.64. The molecule has 0 unspecified atom stereocenters. The van der Waals surface area contributed by atoms with Crippen LogP contribution in [0.25, 0.3) is 6.08 Å². The van der Waals surface area contributed by atoms with Crippen molar-refractivity contribution in [3.05, 3.63) is 87.2 Å². The molecule has 3 aromatic rings. The van der Waals surface area contributed by atoms with Gasteiger partial charge in [0.15, 0.2) is 0 Å². The van der Waals surface area contributed by atoms with E-state index in [-0.39, 0.29) is 5.57 Å². The van der Waals surface area contributed by atoms with Gasteiger partial charge in [0, 0.05) is 16.3 Å². The number of rotatable bonds is 5. The summed E-state index contributed by atoms with van der Waals surface area (Å²) in [5.41, 5.74) is 2.54. The van der Waals surface area contributed by atoms with Crippen LogP contribution >= 0.6 is 23.2 Å². The van der Waals surface area contributed by atoms with Gasteiger partial charge in [-0.2, -0.15) is 10.4 Å². The van der Waals surface area contributed by atoms with E-state index >= 15 is 0 Å². The van der Waals surface area contributed by atoms with Gasteiger partial charge >= 0.3 is 0 Å². The predicted octanol–water partition coefficient (Wildman–Crippen LogP) is 5.09. The van der Waals surface area contributed by atoms with Crippen LogP contribution in [0.1, 0.15) is 16.8 Å². The third kappa shape index (κ3) is 4.42. The Morgan fingerprint density at radius 1 is 1.18 bits per heavy atom. The Hall–Kier alpha value is -3.07. The Bertz CT molecular complexity index is 1080. The van der Waals surface area contributed by atoms with E-state index in [2.05, 4.69) is 10.4 Å². The number of carbonyl (C=O) groups excluding carboxylic acids is 1. The molecule has 1 amide bonds. The van der Waals surface area contributed by atoms with Crippen LogP contribution in [0.15, 0.2) is 60.2 Å². The lowest BCUT2D eigenvalue weighted by molar-refractivity contribution is -0.112. The van der Waals surface area contributed by atoms with E-state index in [0.29, 0.717) is 33.7 Å². The quantitative estimate of drug-likeness (QED) is 0.470. The number of carbonyl (C=O) groups is 1. The fourth-order valence-corrected chi connectivity index (χ4v) is 3.12. The van der Waals surface area contributed by atoms with Gasteiger partial charge in [-0.05, 0) is 36.8 Å². The number of nitrogens with one attached hydrogen (secondary N) is 1. The Kier molecular flexibility index (Phi) is 6.15. The summed E-state index contributed by atoms with van der Waals surface area (Å²) >= 11 is 12.7. The molecule has 0 aliphatic rings. The Labute approximate surface area is 172 Å². The zero-order valence-electron chi connectivity index (χ0n) is 15.0. The molecule has 2 aromatic carbocycles. The molecule has 0 atom stereocenters. The van der Waals surface area contributed by atoms with Crippen molar-refractivity contribution < 1.29 is 4.79 Å². The number of hydrogen-bond acceptors (Lipinski definition) is 3. The van der Waals surface area contributed by atoms with Gasteiger partial charge in [-0.25, -0.2) is 4.68 Å². The summed E-state index contributed by atoms with van der Waals surface area (Å²) in [7, 11) is 0. The van der Waals surface area contributed by atoms with E-state index in [1.807, 2.05) is 30.3 Å². The van der Waals surface area contributed by atoms with Crippen molar-refractivity contribution in [1.29, 1.82) is 5.26 Å². The molecule has 0 bridgehead atoms. The van der Waals surface area contributed by atoms with Crippen molar-refractivity contribution in [2.45, 2.75) is 13.5 Å². The number of nitriles is 1. The van der Waals surface area contributed by atoms with Gasteiger partial charge in [0.05, 0.1) is 12.2 Å². The molecular weight excluding hydrogens is 395 g/mol. The van der Waals surface area contributed by atoms with Crippen LogP contribution in [0.3, 0.4) is 0 Å². The summed E-state index contributed by atoms with van der Waals surface area (Å²) < 4.78 is 1.59. The van der Waals surface area contributed by atoms with Gasteiger partial charge in [-0.3, -0.25) is 4.79 Å². The van der Waals surface area contributed by atoms with E-state index in [0.717, 1.165) is 5.56 Å². The normalized spacial score (nSPS) is 11.1. The first kappa shape index (κ1) is 19.7. The maximum absolute atomic E-state index is 12.4. The Morgan fingerprint density at radius 3 is 2.54 bits per heavy atom. The number of benzene rings is 2. The highest BCUT2D eigenvalue weighted by Gasteiger charge is 2.16. The highest BCUT2D eigenvalue weighted by molar-refractivity contribution is 6.32. The average molecular weight is 411 g/mol. The third-order valence-corrected chi connectivity index (χ3v) is 4.84. The maximum atomic E-state index is 12.4. The molecule has 3 rings (SSSR count). The van der Waals surface area contributed by atoms with E-state index < -0.39 is 5.91 Å². The molecule has 0 aliphatic heterocycles. The molecule has 1 N–H and O–H groups in total. The van der Waals surface area contributed by atoms with Gasteiger partial charge < -0.3 is 5.32 Å². The lowest BCUT2D eigenvalue weighted by Crippen LogP contribution is -2.13. The second kappa shape index (κ2) is 8.75. The number of hydrogen-bond donors (Lipinski definition) is 1. The molecule has 0 fully saturated rings.